The lowest BCUT2D eigenvalue weighted by Gasteiger charge is -2.14. The molecule has 0 radical (unpaired) electrons. The van der Waals surface area contributed by atoms with Crippen molar-refractivity contribution in [3.8, 4) is 0 Å². The van der Waals surface area contributed by atoms with Crippen LogP contribution in [0.2, 0.25) is 0 Å². The van der Waals surface area contributed by atoms with E-state index in [4.69, 9.17) is 5.11 Å². The Morgan fingerprint density at radius 3 is 2.65 bits per heavy atom. The van der Waals surface area contributed by atoms with E-state index in [0.717, 1.165) is 17.3 Å². The lowest BCUT2D eigenvalue weighted by Crippen LogP contribution is -2.34. The van der Waals surface area contributed by atoms with Crippen LogP contribution in [0.4, 0.5) is 0 Å². The van der Waals surface area contributed by atoms with Crippen molar-refractivity contribution in [2.24, 2.45) is 5.92 Å². The van der Waals surface area contributed by atoms with Gasteiger partial charge in [-0.1, -0.05) is 28.1 Å². The average Bonchev–Trinajstić information content (AvgIpc) is 3.08. The molecule has 1 aromatic rings. The van der Waals surface area contributed by atoms with E-state index in [1.807, 2.05) is 6.07 Å². The monoisotopic (exact) mass is 297 g/mol. The molecule has 0 bridgehead atoms. The van der Waals surface area contributed by atoms with Crippen molar-refractivity contribution in [3.63, 3.8) is 0 Å². The molecule has 2 rings (SSSR count). The third-order valence-electron chi connectivity index (χ3n) is 2.66. The number of carbonyl (C=O) groups excluding carboxylic acids is 1. The first-order valence-electron chi connectivity index (χ1n) is 5.36. The Kier molecular flexibility index (Phi) is 3.47. The van der Waals surface area contributed by atoms with Crippen molar-refractivity contribution in [2.75, 3.05) is 0 Å². The van der Waals surface area contributed by atoms with Crippen molar-refractivity contribution in [2.45, 2.75) is 18.9 Å². The lowest BCUT2D eigenvalue weighted by atomic mass is 10.1. The van der Waals surface area contributed by atoms with Crippen LogP contribution < -0.4 is 5.32 Å². The lowest BCUT2D eigenvalue weighted by molar-refractivity contribution is -0.142. The summed E-state index contributed by atoms with van der Waals surface area (Å²) in [4.78, 5) is 22.8. The second-order valence-electron chi connectivity index (χ2n) is 4.11. The first-order valence-corrected chi connectivity index (χ1v) is 6.16. The number of amides is 1. The summed E-state index contributed by atoms with van der Waals surface area (Å²) >= 11 is 3.28. The topological polar surface area (TPSA) is 66.4 Å². The Morgan fingerprint density at radius 1 is 1.41 bits per heavy atom. The smallest absolute Gasteiger partial charge is 0.330 e. The predicted molar refractivity (Wildman–Crippen MR) is 65.4 cm³/mol. The molecule has 1 amide bonds. The number of carbonyl (C=O) groups is 2. The number of rotatable bonds is 4. The minimum absolute atomic E-state index is 0.00371. The van der Waals surface area contributed by atoms with Crippen LogP contribution in [0, 0.1) is 5.92 Å². The van der Waals surface area contributed by atoms with Crippen molar-refractivity contribution in [1.82, 2.24) is 5.32 Å². The summed E-state index contributed by atoms with van der Waals surface area (Å²) in [6.07, 6.45) is 1.72. The van der Waals surface area contributed by atoms with Gasteiger partial charge in [0.15, 0.2) is 6.04 Å². The maximum Gasteiger partial charge on any atom is 0.330 e. The van der Waals surface area contributed by atoms with Crippen molar-refractivity contribution >= 4 is 27.8 Å². The van der Waals surface area contributed by atoms with Gasteiger partial charge < -0.3 is 10.4 Å². The molecule has 0 aromatic heterocycles. The fourth-order valence-electron chi connectivity index (χ4n) is 1.58. The molecule has 0 saturated heterocycles. The number of benzene rings is 1. The molecule has 1 aliphatic carbocycles. The molecule has 5 heteroatoms. The Labute approximate surface area is 107 Å². The molecule has 1 fully saturated rings. The largest absolute Gasteiger partial charge is 0.479 e. The molecule has 90 valence electrons. The van der Waals surface area contributed by atoms with E-state index < -0.39 is 12.0 Å². The molecule has 17 heavy (non-hydrogen) atoms. The van der Waals surface area contributed by atoms with Crippen molar-refractivity contribution < 1.29 is 14.7 Å². The van der Waals surface area contributed by atoms with Crippen LogP contribution in [-0.4, -0.2) is 17.0 Å². The van der Waals surface area contributed by atoms with E-state index in [-0.39, 0.29) is 11.8 Å². The van der Waals surface area contributed by atoms with Crippen LogP contribution in [0.15, 0.2) is 28.7 Å². The highest BCUT2D eigenvalue weighted by atomic mass is 79.9. The Balaban J connectivity index is 2.16. The summed E-state index contributed by atoms with van der Waals surface area (Å²) < 4.78 is 0.793. The van der Waals surface area contributed by atoms with E-state index >= 15 is 0 Å². The summed E-state index contributed by atoms with van der Waals surface area (Å²) in [5, 5.41) is 11.7. The molecule has 0 aliphatic heterocycles. The molecule has 1 atom stereocenters. The number of hydrogen-bond donors (Lipinski definition) is 2. The van der Waals surface area contributed by atoms with Gasteiger partial charge in [0, 0.05) is 10.4 Å². The third-order valence-corrected chi connectivity index (χ3v) is 3.16. The van der Waals surface area contributed by atoms with Gasteiger partial charge in [0.1, 0.15) is 0 Å². The highest BCUT2D eigenvalue weighted by Gasteiger charge is 2.33. The fraction of sp³-hybridized carbons (Fsp3) is 0.333. The number of hydrogen-bond acceptors (Lipinski definition) is 2. The standard InChI is InChI=1S/C12H12BrNO3/c13-9-3-1-2-8(6-9)10(12(16)17)14-11(15)7-4-5-7/h1-3,6-7,10H,4-5H2,(H,14,15)(H,16,17). The second-order valence-corrected chi connectivity index (χ2v) is 5.02. The van der Waals surface area contributed by atoms with Gasteiger partial charge >= 0.3 is 5.97 Å². The van der Waals surface area contributed by atoms with Crippen molar-refractivity contribution in [3.05, 3.63) is 34.3 Å². The fourth-order valence-corrected chi connectivity index (χ4v) is 2.00. The Bertz CT molecular complexity index is 457. The zero-order valence-electron chi connectivity index (χ0n) is 9.02. The molecule has 1 unspecified atom stereocenters. The van der Waals surface area contributed by atoms with E-state index in [0.29, 0.717) is 5.56 Å². The first kappa shape index (κ1) is 12.1. The van der Waals surface area contributed by atoms with Crippen LogP contribution >= 0.6 is 15.9 Å². The Morgan fingerprint density at radius 2 is 2.12 bits per heavy atom. The van der Waals surface area contributed by atoms with Crippen LogP contribution in [0.1, 0.15) is 24.4 Å². The molecular formula is C12H12BrNO3. The third kappa shape index (κ3) is 3.06. The molecule has 4 nitrogen and oxygen atoms in total. The first-order chi connectivity index (χ1) is 8.08. The quantitative estimate of drug-likeness (QED) is 0.894. The van der Waals surface area contributed by atoms with Gasteiger partial charge in [0.05, 0.1) is 0 Å². The number of halogens is 1. The van der Waals surface area contributed by atoms with Crippen LogP contribution in [0.5, 0.6) is 0 Å². The number of aliphatic carboxylic acids is 1. The van der Waals surface area contributed by atoms with Crippen LogP contribution in [-0.2, 0) is 9.59 Å². The van der Waals surface area contributed by atoms with Gasteiger partial charge in [-0.2, -0.15) is 0 Å². The van der Waals surface area contributed by atoms with Gasteiger partial charge in [-0.05, 0) is 30.5 Å². The highest BCUT2D eigenvalue weighted by molar-refractivity contribution is 9.10. The van der Waals surface area contributed by atoms with Crippen LogP contribution in [0.25, 0.3) is 0 Å². The molecule has 0 spiro atoms. The van der Waals surface area contributed by atoms with Gasteiger partial charge in [-0.15, -0.1) is 0 Å². The summed E-state index contributed by atoms with van der Waals surface area (Å²) in [6, 6.07) is 5.98. The maximum absolute atomic E-state index is 11.6. The molecule has 2 N–H and O–H groups in total. The predicted octanol–water partition coefficient (Wildman–Crippen LogP) is 2.10. The molecule has 1 aromatic carbocycles. The molecule has 1 aliphatic rings. The second kappa shape index (κ2) is 4.87. The van der Waals surface area contributed by atoms with Gasteiger partial charge in [-0.25, -0.2) is 4.79 Å². The molecular weight excluding hydrogens is 286 g/mol. The summed E-state index contributed by atoms with van der Waals surface area (Å²) in [6.45, 7) is 0. The summed E-state index contributed by atoms with van der Waals surface area (Å²) in [5.41, 5.74) is 0.570. The SMILES string of the molecule is O=C(NC(C(=O)O)c1cccc(Br)c1)C1CC1. The normalized spacial score (nSPS) is 16.3. The van der Waals surface area contributed by atoms with E-state index in [1.165, 1.54) is 0 Å². The van der Waals surface area contributed by atoms with Gasteiger partial charge in [0.25, 0.3) is 0 Å². The number of carboxylic acid groups (broad SMARTS) is 1. The molecule has 0 heterocycles. The number of carboxylic acids is 1. The summed E-state index contributed by atoms with van der Waals surface area (Å²) in [7, 11) is 0. The van der Waals surface area contributed by atoms with E-state index in [2.05, 4.69) is 21.2 Å². The maximum atomic E-state index is 11.6. The zero-order valence-corrected chi connectivity index (χ0v) is 10.6. The summed E-state index contributed by atoms with van der Waals surface area (Å²) in [5.74, 6) is -1.21. The minimum atomic E-state index is -1.04. The van der Waals surface area contributed by atoms with Crippen LogP contribution in [0.3, 0.4) is 0 Å². The van der Waals surface area contributed by atoms with E-state index in [9.17, 15) is 9.59 Å². The number of nitrogens with one attached hydrogen (secondary N) is 1. The van der Waals surface area contributed by atoms with E-state index in [1.54, 1.807) is 18.2 Å². The average molecular weight is 298 g/mol. The van der Waals surface area contributed by atoms with Gasteiger partial charge in [0.2, 0.25) is 5.91 Å². The zero-order chi connectivity index (χ0) is 12.4. The Hall–Kier alpha value is -1.36. The van der Waals surface area contributed by atoms with Gasteiger partial charge in [-0.3, -0.25) is 4.79 Å². The minimum Gasteiger partial charge on any atom is -0.479 e. The highest BCUT2D eigenvalue weighted by Crippen LogP contribution is 2.30. The van der Waals surface area contributed by atoms with Crippen molar-refractivity contribution in [1.29, 1.82) is 0 Å². The molecule has 1 saturated carbocycles.